The number of hydrogen-bond acceptors (Lipinski definition) is 5. The number of anilines is 1. The molecule has 1 aliphatic rings. The van der Waals surface area contributed by atoms with E-state index in [2.05, 4.69) is 25.2 Å². The summed E-state index contributed by atoms with van der Waals surface area (Å²) < 4.78 is 5.86. The molecule has 4 aromatic rings. The Labute approximate surface area is 168 Å². The first-order valence-electron chi connectivity index (χ1n) is 10.0. The molecule has 5 rings (SSSR count). The van der Waals surface area contributed by atoms with E-state index in [-0.39, 0.29) is 17.9 Å². The SMILES string of the molecule is CC(NC(=O)C1CCN(c2nc3ccccc3o2)CC1)c1nc2ccccc2[nH]1. The molecule has 7 heteroatoms. The number of carbonyl (C=O) groups excluding carboxylic acids is 1. The fourth-order valence-electron chi connectivity index (χ4n) is 3.91. The van der Waals surface area contributed by atoms with Crippen molar-refractivity contribution in [2.24, 2.45) is 5.92 Å². The van der Waals surface area contributed by atoms with Crippen LogP contribution in [-0.2, 0) is 4.79 Å². The van der Waals surface area contributed by atoms with Gasteiger partial charge in [-0.15, -0.1) is 0 Å². The zero-order chi connectivity index (χ0) is 19.8. The van der Waals surface area contributed by atoms with Gasteiger partial charge in [0.15, 0.2) is 5.58 Å². The van der Waals surface area contributed by atoms with Crippen LogP contribution < -0.4 is 10.2 Å². The Kier molecular flexibility index (Phi) is 4.42. The van der Waals surface area contributed by atoms with Crippen LogP contribution in [0.2, 0.25) is 0 Å². The van der Waals surface area contributed by atoms with E-state index in [4.69, 9.17) is 4.42 Å². The van der Waals surface area contributed by atoms with Crippen LogP contribution in [0, 0.1) is 5.92 Å². The summed E-state index contributed by atoms with van der Waals surface area (Å²) in [5.41, 5.74) is 3.55. The summed E-state index contributed by atoms with van der Waals surface area (Å²) in [6.45, 7) is 3.47. The zero-order valence-electron chi connectivity index (χ0n) is 16.3. The van der Waals surface area contributed by atoms with Crippen molar-refractivity contribution >= 4 is 34.1 Å². The molecule has 0 spiro atoms. The van der Waals surface area contributed by atoms with Crippen LogP contribution in [0.25, 0.3) is 22.1 Å². The fraction of sp³-hybridized carbons (Fsp3) is 0.318. The molecular formula is C22H23N5O2. The predicted molar refractivity (Wildman–Crippen MR) is 112 cm³/mol. The van der Waals surface area contributed by atoms with Crippen molar-refractivity contribution in [2.75, 3.05) is 18.0 Å². The van der Waals surface area contributed by atoms with E-state index in [0.29, 0.717) is 6.01 Å². The van der Waals surface area contributed by atoms with Gasteiger partial charge in [0.05, 0.1) is 17.1 Å². The Hall–Kier alpha value is -3.35. The summed E-state index contributed by atoms with van der Waals surface area (Å²) in [7, 11) is 0. The van der Waals surface area contributed by atoms with E-state index < -0.39 is 0 Å². The molecule has 2 aromatic carbocycles. The number of amides is 1. The second-order valence-electron chi connectivity index (χ2n) is 7.59. The molecule has 148 valence electrons. The van der Waals surface area contributed by atoms with Crippen molar-refractivity contribution in [1.29, 1.82) is 0 Å². The lowest BCUT2D eigenvalue weighted by Gasteiger charge is -2.30. The maximum absolute atomic E-state index is 12.8. The van der Waals surface area contributed by atoms with Crippen molar-refractivity contribution in [3.63, 3.8) is 0 Å². The lowest BCUT2D eigenvalue weighted by atomic mass is 9.96. The third-order valence-corrected chi connectivity index (χ3v) is 5.60. The van der Waals surface area contributed by atoms with Gasteiger partial charge in [-0.25, -0.2) is 4.98 Å². The normalized spacial score (nSPS) is 16.4. The molecule has 1 saturated heterocycles. The molecular weight excluding hydrogens is 366 g/mol. The minimum atomic E-state index is -0.162. The number of rotatable bonds is 4. The quantitative estimate of drug-likeness (QED) is 0.554. The van der Waals surface area contributed by atoms with Crippen LogP contribution in [0.4, 0.5) is 6.01 Å². The number of aromatic amines is 1. The first kappa shape index (κ1) is 17.7. The van der Waals surface area contributed by atoms with Crippen LogP contribution >= 0.6 is 0 Å². The molecule has 3 heterocycles. The Morgan fingerprint density at radius 2 is 1.83 bits per heavy atom. The monoisotopic (exact) mass is 389 g/mol. The van der Waals surface area contributed by atoms with E-state index >= 15 is 0 Å². The molecule has 1 aliphatic heterocycles. The third-order valence-electron chi connectivity index (χ3n) is 5.60. The lowest BCUT2D eigenvalue weighted by Crippen LogP contribution is -2.41. The Morgan fingerprint density at radius 3 is 2.59 bits per heavy atom. The number of oxazole rings is 1. The number of nitrogens with zero attached hydrogens (tertiary/aromatic N) is 3. The standard InChI is InChI=1S/C22H23N5O2/c1-14(20-24-16-6-2-3-7-17(16)25-20)23-21(28)15-10-12-27(13-11-15)22-26-18-8-4-5-9-19(18)29-22/h2-9,14-15H,10-13H2,1H3,(H,23,28)(H,24,25). The number of benzene rings is 2. The number of aromatic nitrogens is 3. The number of fused-ring (bicyclic) bond motifs is 2. The van der Waals surface area contributed by atoms with Gasteiger partial charge in [0.1, 0.15) is 11.3 Å². The molecule has 2 aromatic heterocycles. The van der Waals surface area contributed by atoms with Crippen molar-refractivity contribution in [3.8, 4) is 0 Å². The smallest absolute Gasteiger partial charge is 0.298 e. The van der Waals surface area contributed by atoms with Gasteiger partial charge in [-0.2, -0.15) is 4.98 Å². The summed E-state index contributed by atoms with van der Waals surface area (Å²) in [4.78, 5) is 27.3. The maximum atomic E-state index is 12.8. The number of nitrogens with one attached hydrogen (secondary N) is 2. The van der Waals surface area contributed by atoms with E-state index in [1.165, 1.54) is 0 Å². The highest BCUT2D eigenvalue weighted by Crippen LogP contribution is 2.27. The number of imidazole rings is 1. The molecule has 1 atom stereocenters. The zero-order valence-corrected chi connectivity index (χ0v) is 16.3. The van der Waals surface area contributed by atoms with Crippen LogP contribution in [0.15, 0.2) is 52.9 Å². The fourth-order valence-corrected chi connectivity index (χ4v) is 3.91. The highest BCUT2D eigenvalue weighted by Gasteiger charge is 2.28. The first-order chi connectivity index (χ1) is 14.2. The van der Waals surface area contributed by atoms with Crippen LogP contribution in [0.1, 0.15) is 31.6 Å². The number of para-hydroxylation sites is 4. The summed E-state index contributed by atoms with van der Waals surface area (Å²) in [5, 5.41) is 3.11. The van der Waals surface area contributed by atoms with Gasteiger partial charge in [-0.05, 0) is 44.0 Å². The van der Waals surface area contributed by atoms with Gasteiger partial charge in [0.2, 0.25) is 5.91 Å². The van der Waals surface area contributed by atoms with E-state index in [1.807, 2.05) is 55.5 Å². The summed E-state index contributed by atoms with van der Waals surface area (Å²) in [5.74, 6) is 0.848. The van der Waals surface area contributed by atoms with E-state index in [1.54, 1.807) is 0 Å². The van der Waals surface area contributed by atoms with Gasteiger partial charge in [0.25, 0.3) is 6.01 Å². The van der Waals surface area contributed by atoms with Crippen molar-refractivity contribution in [1.82, 2.24) is 20.3 Å². The minimum Gasteiger partial charge on any atom is -0.423 e. The highest BCUT2D eigenvalue weighted by molar-refractivity contribution is 5.80. The number of hydrogen-bond donors (Lipinski definition) is 2. The topological polar surface area (TPSA) is 87.1 Å². The molecule has 1 unspecified atom stereocenters. The number of carbonyl (C=O) groups is 1. The Balaban J connectivity index is 1.20. The van der Waals surface area contributed by atoms with E-state index in [0.717, 1.165) is 53.9 Å². The van der Waals surface area contributed by atoms with Crippen molar-refractivity contribution in [3.05, 3.63) is 54.4 Å². The third kappa shape index (κ3) is 3.44. The Bertz CT molecular complexity index is 1090. The molecule has 7 nitrogen and oxygen atoms in total. The first-order valence-corrected chi connectivity index (χ1v) is 10.0. The average Bonchev–Trinajstić information content (AvgIpc) is 3.38. The van der Waals surface area contributed by atoms with Gasteiger partial charge in [-0.1, -0.05) is 24.3 Å². The number of H-pyrrole nitrogens is 1. The molecule has 29 heavy (non-hydrogen) atoms. The molecule has 1 fully saturated rings. The molecule has 1 amide bonds. The van der Waals surface area contributed by atoms with Crippen molar-refractivity contribution in [2.45, 2.75) is 25.8 Å². The molecule has 0 radical (unpaired) electrons. The molecule has 0 bridgehead atoms. The summed E-state index contributed by atoms with van der Waals surface area (Å²) >= 11 is 0. The van der Waals surface area contributed by atoms with Crippen LogP contribution in [-0.4, -0.2) is 33.9 Å². The highest BCUT2D eigenvalue weighted by atomic mass is 16.4. The maximum Gasteiger partial charge on any atom is 0.298 e. The summed E-state index contributed by atoms with van der Waals surface area (Å²) in [6, 6.07) is 16.1. The second kappa shape index (κ2) is 7.24. The van der Waals surface area contributed by atoms with Gasteiger partial charge < -0.3 is 19.6 Å². The summed E-state index contributed by atoms with van der Waals surface area (Å²) in [6.07, 6.45) is 1.55. The molecule has 0 aliphatic carbocycles. The predicted octanol–water partition coefficient (Wildman–Crippen LogP) is 3.80. The van der Waals surface area contributed by atoms with Crippen LogP contribution in [0.3, 0.4) is 0 Å². The average molecular weight is 389 g/mol. The number of piperidine rings is 1. The molecule has 0 saturated carbocycles. The van der Waals surface area contributed by atoms with Gasteiger partial charge in [-0.3, -0.25) is 4.79 Å². The van der Waals surface area contributed by atoms with E-state index in [9.17, 15) is 4.79 Å². The largest absolute Gasteiger partial charge is 0.423 e. The second-order valence-corrected chi connectivity index (χ2v) is 7.59. The molecule has 2 N–H and O–H groups in total. The van der Waals surface area contributed by atoms with Gasteiger partial charge >= 0.3 is 0 Å². The van der Waals surface area contributed by atoms with Crippen molar-refractivity contribution < 1.29 is 9.21 Å². The Morgan fingerprint density at radius 1 is 1.10 bits per heavy atom. The minimum absolute atomic E-state index is 0.0116. The van der Waals surface area contributed by atoms with Crippen LogP contribution in [0.5, 0.6) is 0 Å². The lowest BCUT2D eigenvalue weighted by molar-refractivity contribution is -0.126. The van der Waals surface area contributed by atoms with Gasteiger partial charge in [0, 0.05) is 19.0 Å².